The van der Waals surface area contributed by atoms with Crippen molar-refractivity contribution in [3.05, 3.63) is 0 Å². The SMILES string of the molecule is O=C(C1CC1)C1CCOC2(CCOC2)C1. The van der Waals surface area contributed by atoms with E-state index in [4.69, 9.17) is 9.47 Å². The second kappa shape index (κ2) is 3.56. The van der Waals surface area contributed by atoms with Gasteiger partial charge < -0.3 is 9.47 Å². The van der Waals surface area contributed by atoms with Crippen LogP contribution in [0, 0.1) is 11.8 Å². The Bertz CT molecular complexity index is 264. The number of carbonyl (C=O) groups is 1. The van der Waals surface area contributed by atoms with Gasteiger partial charge >= 0.3 is 0 Å². The third kappa shape index (κ3) is 1.83. The van der Waals surface area contributed by atoms with Gasteiger partial charge in [-0.1, -0.05) is 0 Å². The molecule has 3 nitrogen and oxygen atoms in total. The number of ketones is 1. The summed E-state index contributed by atoms with van der Waals surface area (Å²) in [6.45, 7) is 2.23. The first-order valence-corrected chi connectivity index (χ1v) is 6.05. The van der Waals surface area contributed by atoms with Crippen molar-refractivity contribution < 1.29 is 14.3 Å². The largest absolute Gasteiger partial charge is 0.378 e. The first-order chi connectivity index (χ1) is 7.29. The van der Waals surface area contributed by atoms with E-state index in [1.165, 1.54) is 0 Å². The van der Waals surface area contributed by atoms with E-state index in [2.05, 4.69) is 0 Å². The summed E-state index contributed by atoms with van der Waals surface area (Å²) in [5, 5.41) is 0. The van der Waals surface area contributed by atoms with Crippen LogP contribution in [0.2, 0.25) is 0 Å². The van der Waals surface area contributed by atoms with Crippen molar-refractivity contribution in [1.29, 1.82) is 0 Å². The van der Waals surface area contributed by atoms with Gasteiger partial charge in [-0.3, -0.25) is 4.79 Å². The summed E-state index contributed by atoms with van der Waals surface area (Å²) in [5.41, 5.74) is -0.104. The van der Waals surface area contributed by atoms with E-state index in [0.717, 1.165) is 45.3 Å². The van der Waals surface area contributed by atoms with Gasteiger partial charge in [0.05, 0.1) is 12.2 Å². The maximum Gasteiger partial charge on any atom is 0.139 e. The maximum absolute atomic E-state index is 12.0. The molecular weight excluding hydrogens is 192 g/mol. The molecule has 1 saturated carbocycles. The Morgan fingerprint density at radius 3 is 2.67 bits per heavy atom. The molecule has 2 atom stereocenters. The van der Waals surface area contributed by atoms with E-state index >= 15 is 0 Å². The van der Waals surface area contributed by atoms with Crippen molar-refractivity contribution in [1.82, 2.24) is 0 Å². The average molecular weight is 210 g/mol. The Morgan fingerprint density at radius 2 is 2.00 bits per heavy atom. The molecule has 2 saturated heterocycles. The predicted molar refractivity (Wildman–Crippen MR) is 54.6 cm³/mol. The van der Waals surface area contributed by atoms with Gasteiger partial charge in [-0.15, -0.1) is 0 Å². The third-order valence-electron chi connectivity index (χ3n) is 3.94. The zero-order valence-corrected chi connectivity index (χ0v) is 9.04. The van der Waals surface area contributed by atoms with E-state index in [9.17, 15) is 4.79 Å². The highest BCUT2D eigenvalue weighted by atomic mass is 16.6. The molecule has 3 rings (SSSR count). The molecule has 0 amide bonds. The van der Waals surface area contributed by atoms with Crippen LogP contribution in [0.5, 0.6) is 0 Å². The van der Waals surface area contributed by atoms with Crippen LogP contribution in [-0.2, 0) is 14.3 Å². The van der Waals surface area contributed by atoms with Crippen molar-refractivity contribution in [3.8, 4) is 0 Å². The van der Waals surface area contributed by atoms with E-state index in [-0.39, 0.29) is 11.5 Å². The lowest BCUT2D eigenvalue weighted by Gasteiger charge is -2.36. The third-order valence-corrected chi connectivity index (χ3v) is 3.94. The van der Waals surface area contributed by atoms with Crippen molar-refractivity contribution in [2.24, 2.45) is 11.8 Å². The summed E-state index contributed by atoms with van der Waals surface area (Å²) in [7, 11) is 0. The number of rotatable bonds is 2. The van der Waals surface area contributed by atoms with Crippen LogP contribution < -0.4 is 0 Å². The fraction of sp³-hybridized carbons (Fsp3) is 0.917. The van der Waals surface area contributed by atoms with Crippen LogP contribution in [-0.4, -0.2) is 31.2 Å². The molecule has 0 radical (unpaired) electrons. The van der Waals surface area contributed by atoms with Gasteiger partial charge in [-0.05, 0) is 25.7 Å². The van der Waals surface area contributed by atoms with Gasteiger partial charge in [0.25, 0.3) is 0 Å². The summed E-state index contributed by atoms with van der Waals surface area (Å²) in [4.78, 5) is 12.0. The number of Topliss-reactive ketones (excluding diaryl/α,β-unsaturated/α-hetero) is 1. The molecule has 3 heteroatoms. The summed E-state index contributed by atoms with van der Waals surface area (Å²) in [6, 6.07) is 0. The van der Waals surface area contributed by atoms with Crippen LogP contribution in [0.4, 0.5) is 0 Å². The van der Waals surface area contributed by atoms with Crippen molar-refractivity contribution in [2.45, 2.75) is 37.7 Å². The molecule has 0 aromatic rings. The number of hydrogen-bond donors (Lipinski definition) is 0. The van der Waals surface area contributed by atoms with Gasteiger partial charge in [-0.25, -0.2) is 0 Å². The highest BCUT2D eigenvalue weighted by Gasteiger charge is 2.45. The predicted octanol–water partition coefficient (Wildman–Crippen LogP) is 1.55. The summed E-state index contributed by atoms with van der Waals surface area (Å²) in [6.07, 6.45) is 5.06. The molecule has 0 aromatic carbocycles. The van der Waals surface area contributed by atoms with Gasteiger partial charge in [0.15, 0.2) is 0 Å². The Morgan fingerprint density at radius 1 is 1.13 bits per heavy atom. The minimum atomic E-state index is -0.104. The topological polar surface area (TPSA) is 35.5 Å². The summed E-state index contributed by atoms with van der Waals surface area (Å²) in [5.74, 6) is 1.16. The lowest BCUT2D eigenvalue weighted by Crippen LogP contribution is -2.42. The first-order valence-electron chi connectivity index (χ1n) is 6.05. The zero-order valence-electron chi connectivity index (χ0n) is 9.04. The van der Waals surface area contributed by atoms with Crippen LogP contribution in [0.3, 0.4) is 0 Å². The average Bonchev–Trinajstić information content (AvgIpc) is 3.02. The molecule has 3 aliphatic rings. The van der Waals surface area contributed by atoms with Crippen molar-refractivity contribution in [3.63, 3.8) is 0 Å². The number of hydrogen-bond acceptors (Lipinski definition) is 3. The van der Waals surface area contributed by atoms with E-state index in [1.807, 2.05) is 0 Å². The molecule has 0 aromatic heterocycles. The Hall–Kier alpha value is -0.410. The smallest absolute Gasteiger partial charge is 0.139 e. The monoisotopic (exact) mass is 210 g/mol. The maximum atomic E-state index is 12.0. The molecule has 2 unspecified atom stereocenters. The minimum Gasteiger partial charge on any atom is -0.378 e. The summed E-state index contributed by atoms with van der Waals surface area (Å²) < 4.78 is 11.2. The second-order valence-corrected chi connectivity index (χ2v) is 5.20. The van der Waals surface area contributed by atoms with Crippen LogP contribution >= 0.6 is 0 Å². The quantitative estimate of drug-likeness (QED) is 0.693. The highest BCUT2D eigenvalue weighted by molar-refractivity contribution is 5.85. The van der Waals surface area contributed by atoms with Crippen molar-refractivity contribution >= 4 is 5.78 Å². The molecule has 84 valence electrons. The molecule has 2 heterocycles. The molecule has 0 bridgehead atoms. The fourth-order valence-corrected chi connectivity index (χ4v) is 2.84. The Kier molecular flexibility index (Phi) is 2.33. The van der Waals surface area contributed by atoms with Gasteiger partial charge in [0, 0.05) is 31.5 Å². The minimum absolute atomic E-state index is 0.104. The number of ether oxygens (including phenoxy) is 2. The van der Waals surface area contributed by atoms with Crippen LogP contribution in [0.1, 0.15) is 32.1 Å². The molecule has 1 spiro atoms. The standard InChI is InChI=1S/C12H18O3/c13-11(9-1-2-9)10-3-5-15-12(7-10)4-6-14-8-12/h9-10H,1-8H2. The Balaban J connectivity index is 1.67. The molecule has 3 fully saturated rings. The molecular formula is C12H18O3. The Labute approximate surface area is 90.1 Å². The van der Waals surface area contributed by atoms with Crippen molar-refractivity contribution in [2.75, 3.05) is 19.8 Å². The van der Waals surface area contributed by atoms with E-state index in [0.29, 0.717) is 18.3 Å². The second-order valence-electron chi connectivity index (χ2n) is 5.20. The molecule has 0 N–H and O–H groups in total. The lowest BCUT2D eigenvalue weighted by atomic mass is 9.82. The van der Waals surface area contributed by atoms with Crippen LogP contribution in [0.15, 0.2) is 0 Å². The zero-order chi connectivity index (χ0) is 10.3. The normalized spacial score (nSPS) is 40.9. The highest BCUT2D eigenvalue weighted by Crippen LogP contribution is 2.41. The fourth-order valence-electron chi connectivity index (χ4n) is 2.84. The van der Waals surface area contributed by atoms with Gasteiger partial charge in [0.1, 0.15) is 5.78 Å². The lowest BCUT2D eigenvalue weighted by molar-refractivity contribution is -0.138. The molecule has 1 aliphatic carbocycles. The van der Waals surface area contributed by atoms with Gasteiger partial charge in [0.2, 0.25) is 0 Å². The summed E-state index contributed by atoms with van der Waals surface area (Å²) >= 11 is 0. The number of carbonyl (C=O) groups excluding carboxylic acids is 1. The first kappa shape index (κ1) is 9.79. The van der Waals surface area contributed by atoms with E-state index in [1.54, 1.807) is 0 Å². The van der Waals surface area contributed by atoms with E-state index < -0.39 is 0 Å². The van der Waals surface area contributed by atoms with Crippen LogP contribution in [0.25, 0.3) is 0 Å². The van der Waals surface area contributed by atoms with Gasteiger partial charge in [-0.2, -0.15) is 0 Å². The molecule has 15 heavy (non-hydrogen) atoms. The molecule has 2 aliphatic heterocycles.